The van der Waals surface area contributed by atoms with Crippen LogP contribution in [0.3, 0.4) is 0 Å². The van der Waals surface area contributed by atoms with Crippen molar-refractivity contribution in [3.05, 3.63) is 46.2 Å². The molecule has 0 amide bonds. The van der Waals surface area contributed by atoms with E-state index in [1.807, 2.05) is 6.07 Å². The molecule has 0 unspecified atom stereocenters. The number of alkyl halides is 3. The van der Waals surface area contributed by atoms with Gasteiger partial charge in [-0.2, -0.15) is 18.3 Å². The summed E-state index contributed by atoms with van der Waals surface area (Å²) in [5, 5.41) is 6.96. The lowest BCUT2D eigenvalue weighted by Gasteiger charge is -2.09. The summed E-state index contributed by atoms with van der Waals surface area (Å²) in [6.45, 7) is 0.748. The Kier molecular flexibility index (Phi) is 3.79. The lowest BCUT2D eigenvalue weighted by atomic mass is 10.2. The minimum absolute atomic E-state index is 0.590. The SMILES string of the molecule is FC(F)(F)c1ccn(-c2ccc(CNC3CC3)c(Br)c2)n1. The van der Waals surface area contributed by atoms with Crippen molar-refractivity contribution in [2.24, 2.45) is 0 Å². The predicted molar refractivity (Wildman–Crippen MR) is 76.1 cm³/mol. The molecule has 1 fully saturated rings. The lowest BCUT2D eigenvalue weighted by Crippen LogP contribution is -2.15. The monoisotopic (exact) mass is 359 g/mol. The summed E-state index contributed by atoms with van der Waals surface area (Å²) in [6.07, 6.45) is -0.685. The number of aromatic nitrogens is 2. The molecule has 0 atom stereocenters. The summed E-state index contributed by atoms with van der Waals surface area (Å²) in [5.74, 6) is 0. The fourth-order valence-corrected chi connectivity index (χ4v) is 2.49. The van der Waals surface area contributed by atoms with Crippen LogP contribution >= 0.6 is 15.9 Å². The Bertz CT molecular complexity index is 647. The van der Waals surface area contributed by atoms with E-state index in [0.29, 0.717) is 11.7 Å². The summed E-state index contributed by atoms with van der Waals surface area (Å²) >= 11 is 3.46. The molecule has 1 saturated carbocycles. The summed E-state index contributed by atoms with van der Waals surface area (Å²) < 4.78 is 39.7. The zero-order chi connectivity index (χ0) is 15.0. The molecule has 2 aromatic rings. The van der Waals surface area contributed by atoms with Crippen molar-refractivity contribution in [1.82, 2.24) is 15.1 Å². The van der Waals surface area contributed by atoms with Gasteiger partial charge in [0.25, 0.3) is 0 Å². The fourth-order valence-electron chi connectivity index (χ4n) is 1.98. The Morgan fingerprint density at radius 2 is 2.05 bits per heavy atom. The Balaban J connectivity index is 1.79. The van der Waals surface area contributed by atoms with E-state index < -0.39 is 11.9 Å². The molecule has 0 radical (unpaired) electrons. The standard InChI is InChI=1S/C14H13BrF3N3/c15-12-7-11(4-1-9(12)8-19-10-2-3-10)21-6-5-13(20-21)14(16,17)18/h1,4-7,10,19H,2-3,8H2. The highest BCUT2D eigenvalue weighted by atomic mass is 79.9. The Morgan fingerprint density at radius 3 is 2.62 bits per heavy atom. The zero-order valence-corrected chi connectivity index (χ0v) is 12.6. The Hall–Kier alpha value is -1.34. The maximum absolute atomic E-state index is 12.5. The van der Waals surface area contributed by atoms with Crippen LogP contribution in [0.1, 0.15) is 24.1 Å². The highest BCUT2D eigenvalue weighted by molar-refractivity contribution is 9.10. The molecule has 1 aromatic heterocycles. The summed E-state index contributed by atoms with van der Waals surface area (Å²) in [7, 11) is 0. The van der Waals surface area contributed by atoms with E-state index in [9.17, 15) is 13.2 Å². The highest BCUT2D eigenvalue weighted by Gasteiger charge is 2.33. The number of benzene rings is 1. The van der Waals surface area contributed by atoms with E-state index in [4.69, 9.17) is 0 Å². The average Bonchev–Trinajstić information content (AvgIpc) is 3.09. The minimum Gasteiger partial charge on any atom is -0.310 e. The van der Waals surface area contributed by atoms with Crippen molar-refractivity contribution in [2.45, 2.75) is 31.6 Å². The second-order valence-corrected chi connectivity index (χ2v) is 5.93. The Labute approximate surface area is 128 Å². The van der Waals surface area contributed by atoms with Crippen LogP contribution in [0.2, 0.25) is 0 Å². The van der Waals surface area contributed by atoms with E-state index >= 15 is 0 Å². The molecule has 1 heterocycles. The van der Waals surface area contributed by atoms with Crippen molar-refractivity contribution >= 4 is 15.9 Å². The molecule has 3 rings (SSSR count). The average molecular weight is 360 g/mol. The van der Waals surface area contributed by atoms with Gasteiger partial charge in [-0.1, -0.05) is 22.0 Å². The molecule has 0 saturated heterocycles. The van der Waals surface area contributed by atoms with Gasteiger partial charge in [0, 0.05) is 23.3 Å². The van der Waals surface area contributed by atoms with Crippen molar-refractivity contribution in [2.75, 3.05) is 0 Å². The van der Waals surface area contributed by atoms with Gasteiger partial charge in [0.15, 0.2) is 5.69 Å². The van der Waals surface area contributed by atoms with Gasteiger partial charge in [0.05, 0.1) is 5.69 Å². The quantitative estimate of drug-likeness (QED) is 0.896. The first kappa shape index (κ1) is 14.6. The van der Waals surface area contributed by atoms with E-state index in [2.05, 4.69) is 26.3 Å². The van der Waals surface area contributed by atoms with Gasteiger partial charge >= 0.3 is 6.18 Å². The number of nitrogens with zero attached hydrogens (tertiary/aromatic N) is 2. The first-order valence-corrected chi connectivity index (χ1v) is 7.38. The normalized spacial score (nSPS) is 15.4. The van der Waals surface area contributed by atoms with Crippen molar-refractivity contribution in [3.63, 3.8) is 0 Å². The number of nitrogens with one attached hydrogen (secondary N) is 1. The third-order valence-corrected chi connectivity index (χ3v) is 4.08. The number of hydrogen-bond donors (Lipinski definition) is 1. The third-order valence-electron chi connectivity index (χ3n) is 3.34. The van der Waals surface area contributed by atoms with Gasteiger partial charge in [-0.05, 0) is 36.6 Å². The molecular formula is C14H13BrF3N3. The summed E-state index contributed by atoms with van der Waals surface area (Å²) in [5.41, 5.74) is 0.777. The molecule has 1 aliphatic rings. The van der Waals surface area contributed by atoms with Crippen LogP contribution in [0.5, 0.6) is 0 Å². The van der Waals surface area contributed by atoms with Crippen molar-refractivity contribution in [1.29, 1.82) is 0 Å². The second kappa shape index (κ2) is 5.46. The number of hydrogen-bond acceptors (Lipinski definition) is 2. The lowest BCUT2D eigenvalue weighted by molar-refractivity contribution is -0.141. The second-order valence-electron chi connectivity index (χ2n) is 5.07. The predicted octanol–water partition coefficient (Wildman–Crippen LogP) is 3.91. The van der Waals surface area contributed by atoms with E-state index in [1.165, 1.54) is 23.7 Å². The molecule has 0 aliphatic heterocycles. The minimum atomic E-state index is -4.42. The molecule has 1 aliphatic carbocycles. The van der Waals surface area contributed by atoms with Crippen LogP contribution in [0.15, 0.2) is 34.9 Å². The topological polar surface area (TPSA) is 29.9 Å². The van der Waals surface area contributed by atoms with Crippen LogP contribution in [0.25, 0.3) is 5.69 Å². The smallest absolute Gasteiger partial charge is 0.310 e. The molecule has 3 nitrogen and oxygen atoms in total. The molecule has 0 bridgehead atoms. The zero-order valence-electron chi connectivity index (χ0n) is 11.0. The van der Waals surface area contributed by atoms with E-state index in [-0.39, 0.29) is 0 Å². The third kappa shape index (κ3) is 3.47. The molecule has 112 valence electrons. The van der Waals surface area contributed by atoms with Crippen molar-refractivity contribution < 1.29 is 13.2 Å². The van der Waals surface area contributed by atoms with Crippen LogP contribution in [0, 0.1) is 0 Å². The Morgan fingerprint density at radius 1 is 1.29 bits per heavy atom. The molecule has 7 heteroatoms. The number of rotatable bonds is 4. The summed E-state index contributed by atoms with van der Waals surface area (Å²) in [4.78, 5) is 0. The van der Waals surface area contributed by atoms with Gasteiger partial charge in [-0.15, -0.1) is 0 Å². The summed E-state index contributed by atoms with van der Waals surface area (Å²) in [6, 6.07) is 7.01. The molecule has 1 N–H and O–H groups in total. The van der Waals surface area contributed by atoms with Crippen LogP contribution < -0.4 is 5.32 Å². The fraction of sp³-hybridized carbons (Fsp3) is 0.357. The highest BCUT2D eigenvalue weighted by Crippen LogP contribution is 2.28. The van der Waals surface area contributed by atoms with Crippen LogP contribution in [0.4, 0.5) is 13.2 Å². The molecule has 21 heavy (non-hydrogen) atoms. The maximum atomic E-state index is 12.5. The molecular weight excluding hydrogens is 347 g/mol. The molecule has 1 aromatic carbocycles. The number of halogens is 4. The van der Waals surface area contributed by atoms with Crippen LogP contribution in [-0.2, 0) is 12.7 Å². The first-order chi connectivity index (χ1) is 9.93. The first-order valence-electron chi connectivity index (χ1n) is 6.58. The largest absolute Gasteiger partial charge is 0.435 e. The maximum Gasteiger partial charge on any atom is 0.435 e. The molecule has 0 spiro atoms. The van der Waals surface area contributed by atoms with Gasteiger partial charge in [-0.25, -0.2) is 4.68 Å². The van der Waals surface area contributed by atoms with Crippen LogP contribution in [-0.4, -0.2) is 15.8 Å². The van der Waals surface area contributed by atoms with E-state index in [0.717, 1.165) is 22.6 Å². The van der Waals surface area contributed by atoms with Gasteiger partial charge in [0.1, 0.15) is 0 Å². The van der Waals surface area contributed by atoms with E-state index in [1.54, 1.807) is 12.1 Å². The van der Waals surface area contributed by atoms with Gasteiger partial charge < -0.3 is 5.32 Å². The van der Waals surface area contributed by atoms with Gasteiger partial charge in [-0.3, -0.25) is 0 Å². The van der Waals surface area contributed by atoms with Gasteiger partial charge in [0.2, 0.25) is 0 Å². The van der Waals surface area contributed by atoms with Crippen molar-refractivity contribution in [3.8, 4) is 5.69 Å².